The quantitative estimate of drug-likeness (QED) is 0.308. The van der Waals surface area contributed by atoms with Crippen LogP contribution in [-0.4, -0.2) is 27.8 Å². The van der Waals surface area contributed by atoms with Gasteiger partial charge < -0.3 is 10.1 Å². The Morgan fingerprint density at radius 1 is 1.37 bits per heavy atom. The summed E-state index contributed by atoms with van der Waals surface area (Å²) in [6.45, 7) is 10.8. The van der Waals surface area contributed by atoms with Crippen LogP contribution in [0.3, 0.4) is 0 Å². The molecule has 8 heteroatoms. The molecule has 1 rings (SSSR count). The number of nitrogens with zero attached hydrogens (tertiary/aromatic N) is 2. The lowest BCUT2D eigenvalue weighted by atomic mass is 10.2. The highest BCUT2D eigenvalue weighted by Gasteiger charge is 2.26. The Bertz CT molecular complexity index is 776. The molecule has 1 atom stereocenters. The van der Waals surface area contributed by atoms with Gasteiger partial charge in [-0.3, -0.25) is 9.20 Å². The van der Waals surface area contributed by atoms with Gasteiger partial charge in [-0.25, -0.2) is 0 Å². The molecule has 0 aliphatic rings. The number of pyridine rings is 1. The molecule has 0 bridgehead atoms. The molecule has 0 saturated heterocycles. The molecule has 0 aliphatic heterocycles. The Kier molecular flexibility index (Phi) is 8.49. The first-order chi connectivity index (χ1) is 12.6. The van der Waals surface area contributed by atoms with E-state index in [9.17, 15) is 13.0 Å². The largest absolute Gasteiger partial charge is 0.496 e. The number of nitrogens with one attached hydrogen (secondary N) is 1. The summed E-state index contributed by atoms with van der Waals surface area (Å²) in [6, 6.07) is 2.11. The van der Waals surface area contributed by atoms with Crippen LogP contribution in [-0.2, 0) is 15.5 Å². The van der Waals surface area contributed by atoms with E-state index in [-0.39, 0.29) is 11.3 Å². The van der Waals surface area contributed by atoms with Crippen molar-refractivity contribution in [1.29, 1.82) is 0 Å². The van der Waals surface area contributed by atoms with Crippen molar-refractivity contribution >= 4 is 23.2 Å². The van der Waals surface area contributed by atoms with Gasteiger partial charge in [0.2, 0.25) is 11.9 Å². The van der Waals surface area contributed by atoms with Crippen molar-refractivity contribution in [2.75, 3.05) is 7.11 Å². The van der Waals surface area contributed by atoms with E-state index in [4.69, 9.17) is 4.74 Å². The average molecular weight is 397 g/mol. The third-order valence-electron chi connectivity index (χ3n) is 3.26. The van der Waals surface area contributed by atoms with Gasteiger partial charge in [-0.05, 0) is 40.0 Å². The second-order valence-electron chi connectivity index (χ2n) is 6.44. The summed E-state index contributed by atoms with van der Waals surface area (Å²) < 4.78 is 44.7. The standard InChI is InChI=1S/C19H25F2N3O2S/c1-7-8-15(26-6)16(27(25)19(2,3)4)12-23-14(11-22-5)13-9-17(20)24-18(21)10-13/h8-12,23H,5,7H2,1-4,6H3/b14-11-,15-8+,16-12+. The van der Waals surface area contributed by atoms with Crippen LogP contribution in [0.5, 0.6) is 0 Å². The van der Waals surface area contributed by atoms with Crippen LogP contribution in [0.4, 0.5) is 8.78 Å². The topological polar surface area (TPSA) is 63.6 Å². The zero-order valence-corrected chi connectivity index (χ0v) is 17.0. The maximum atomic E-state index is 13.4. The maximum absolute atomic E-state index is 13.4. The Labute approximate surface area is 161 Å². The monoisotopic (exact) mass is 397 g/mol. The highest BCUT2D eigenvalue weighted by Crippen LogP contribution is 2.25. The first-order valence-electron chi connectivity index (χ1n) is 8.26. The summed E-state index contributed by atoms with van der Waals surface area (Å²) in [4.78, 5) is 7.14. The fourth-order valence-corrected chi connectivity index (χ4v) is 3.24. The Morgan fingerprint density at radius 2 is 1.96 bits per heavy atom. The van der Waals surface area contributed by atoms with Gasteiger partial charge in [-0.15, -0.1) is 0 Å². The van der Waals surface area contributed by atoms with Crippen LogP contribution in [0, 0.1) is 11.9 Å². The van der Waals surface area contributed by atoms with E-state index in [1.165, 1.54) is 19.5 Å². The number of rotatable bonds is 8. The molecule has 1 aromatic heterocycles. The highest BCUT2D eigenvalue weighted by molar-refractivity contribution is 7.90. The predicted molar refractivity (Wildman–Crippen MR) is 106 cm³/mol. The normalized spacial score (nSPS) is 14.7. The molecule has 1 N–H and O–H groups in total. The van der Waals surface area contributed by atoms with Gasteiger partial charge in [0.25, 0.3) is 0 Å². The van der Waals surface area contributed by atoms with Crippen molar-refractivity contribution < 1.29 is 17.7 Å². The number of hydrogen-bond acceptors (Lipinski definition) is 5. The molecule has 1 aromatic rings. The molecule has 0 radical (unpaired) electrons. The lowest BCUT2D eigenvalue weighted by molar-refractivity contribution is 0.302. The lowest BCUT2D eigenvalue weighted by Crippen LogP contribution is -2.25. The smallest absolute Gasteiger partial charge is 0.216 e. The van der Waals surface area contributed by atoms with E-state index < -0.39 is 27.4 Å². The molecule has 0 fully saturated rings. The third-order valence-corrected chi connectivity index (χ3v) is 5.09. The molecule has 0 amide bonds. The van der Waals surface area contributed by atoms with Gasteiger partial charge in [0.15, 0.2) is 0 Å². The van der Waals surface area contributed by atoms with Crippen molar-refractivity contribution in [3.8, 4) is 0 Å². The van der Waals surface area contributed by atoms with E-state index in [1.54, 1.807) is 6.08 Å². The van der Waals surface area contributed by atoms with Crippen molar-refractivity contribution in [2.24, 2.45) is 4.99 Å². The van der Waals surface area contributed by atoms with Crippen LogP contribution in [0.1, 0.15) is 39.7 Å². The van der Waals surface area contributed by atoms with Crippen LogP contribution in [0.15, 0.2) is 46.3 Å². The van der Waals surface area contributed by atoms with Crippen molar-refractivity contribution in [2.45, 2.75) is 38.9 Å². The molecule has 0 spiro atoms. The molecule has 27 heavy (non-hydrogen) atoms. The minimum absolute atomic E-state index is 0.183. The molecule has 0 saturated carbocycles. The SMILES string of the molecule is C=N/C=C(\N/C=C(\C(=C/CC)OC)S(=O)C(C)(C)C)c1cc(F)nc(F)c1. The Hall–Kier alpha value is -2.35. The van der Waals surface area contributed by atoms with E-state index in [1.807, 2.05) is 27.7 Å². The van der Waals surface area contributed by atoms with Crippen LogP contribution in [0.25, 0.3) is 5.70 Å². The number of aliphatic imine (C=N–C) groups is 1. The highest BCUT2D eigenvalue weighted by atomic mass is 32.2. The second-order valence-corrected chi connectivity index (χ2v) is 8.64. The van der Waals surface area contributed by atoms with E-state index in [0.717, 1.165) is 12.1 Å². The van der Waals surface area contributed by atoms with Gasteiger partial charge in [-0.2, -0.15) is 13.8 Å². The zero-order chi connectivity index (χ0) is 20.6. The first-order valence-corrected chi connectivity index (χ1v) is 9.41. The van der Waals surface area contributed by atoms with Crippen molar-refractivity contribution in [3.63, 3.8) is 0 Å². The molecule has 5 nitrogen and oxygen atoms in total. The fourth-order valence-electron chi connectivity index (χ4n) is 2.07. The lowest BCUT2D eigenvalue weighted by Gasteiger charge is -2.21. The number of halogens is 2. The number of methoxy groups -OCH3 is 1. The third kappa shape index (κ3) is 6.71. The summed E-state index contributed by atoms with van der Waals surface area (Å²) in [5.41, 5.74) is 0.448. The van der Waals surface area contributed by atoms with E-state index in [2.05, 4.69) is 22.0 Å². The molecule has 0 aromatic carbocycles. The summed E-state index contributed by atoms with van der Waals surface area (Å²) >= 11 is 0. The fraction of sp³-hybridized carbons (Fsp3) is 0.368. The number of hydrogen-bond donors (Lipinski definition) is 1. The molecular weight excluding hydrogens is 372 g/mol. The number of ether oxygens (including phenoxy) is 1. The summed E-state index contributed by atoms with van der Waals surface area (Å²) in [7, 11) is 0.0702. The summed E-state index contributed by atoms with van der Waals surface area (Å²) in [5, 5.41) is 2.91. The van der Waals surface area contributed by atoms with Crippen LogP contribution < -0.4 is 5.32 Å². The van der Waals surface area contributed by atoms with Crippen LogP contribution >= 0.6 is 0 Å². The Morgan fingerprint density at radius 3 is 2.41 bits per heavy atom. The van der Waals surface area contributed by atoms with Crippen molar-refractivity contribution in [1.82, 2.24) is 10.3 Å². The Balaban J connectivity index is 3.39. The van der Waals surface area contributed by atoms with Crippen LogP contribution in [0.2, 0.25) is 0 Å². The maximum Gasteiger partial charge on any atom is 0.216 e. The second kappa shape index (κ2) is 10.1. The molecule has 0 aliphatic carbocycles. The molecule has 148 valence electrons. The van der Waals surface area contributed by atoms with Gasteiger partial charge in [0.05, 0.1) is 34.7 Å². The molecule has 1 unspecified atom stereocenters. The van der Waals surface area contributed by atoms with Gasteiger partial charge in [0.1, 0.15) is 5.76 Å². The summed E-state index contributed by atoms with van der Waals surface area (Å²) in [5.74, 6) is -1.48. The van der Waals surface area contributed by atoms with Gasteiger partial charge in [-0.1, -0.05) is 6.92 Å². The number of aromatic nitrogens is 1. The van der Waals surface area contributed by atoms with Gasteiger partial charge >= 0.3 is 0 Å². The molecular formula is C19H25F2N3O2S. The summed E-state index contributed by atoms with van der Waals surface area (Å²) in [6.07, 6.45) is 5.27. The van der Waals surface area contributed by atoms with E-state index in [0.29, 0.717) is 17.1 Å². The zero-order valence-electron chi connectivity index (χ0n) is 16.2. The van der Waals surface area contributed by atoms with Gasteiger partial charge in [0, 0.05) is 28.6 Å². The van der Waals surface area contributed by atoms with E-state index >= 15 is 0 Å². The molecule has 1 heterocycles. The van der Waals surface area contributed by atoms with Crippen molar-refractivity contribution in [3.05, 3.63) is 58.7 Å². The first kappa shape index (κ1) is 22.7. The average Bonchev–Trinajstić information content (AvgIpc) is 2.57. The predicted octanol–water partition coefficient (Wildman–Crippen LogP) is 4.28. The minimum atomic E-state index is -1.42. The number of allylic oxidation sites excluding steroid dienone is 1. The minimum Gasteiger partial charge on any atom is -0.496 e.